The van der Waals surface area contributed by atoms with E-state index in [-0.39, 0.29) is 4.90 Å². The molecule has 0 fully saturated rings. The number of hydrogen-bond donors (Lipinski definition) is 2. The SMILES string of the molecule is CC(NS(=O)(=O)c1cccc(Cl)c1)C(=O)Nc1nccs1. The van der Waals surface area contributed by atoms with Crippen LogP contribution in [0.3, 0.4) is 0 Å². The van der Waals surface area contributed by atoms with Gasteiger partial charge in [0.15, 0.2) is 5.13 Å². The second-order valence-electron chi connectivity index (χ2n) is 4.13. The summed E-state index contributed by atoms with van der Waals surface area (Å²) in [6.07, 6.45) is 1.54. The Morgan fingerprint density at radius 2 is 2.19 bits per heavy atom. The van der Waals surface area contributed by atoms with Crippen molar-refractivity contribution in [2.45, 2.75) is 17.9 Å². The highest BCUT2D eigenvalue weighted by Crippen LogP contribution is 2.16. The van der Waals surface area contributed by atoms with Crippen LogP contribution < -0.4 is 10.0 Å². The highest BCUT2D eigenvalue weighted by Gasteiger charge is 2.22. The van der Waals surface area contributed by atoms with Crippen LogP contribution in [0.4, 0.5) is 5.13 Å². The number of rotatable bonds is 5. The van der Waals surface area contributed by atoms with Crippen LogP contribution in [0, 0.1) is 0 Å². The summed E-state index contributed by atoms with van der Waals surface area (Å²) in [6, 6.07) is 4.86. The zero-order valence-electron chi connectivity index (χ0n) is 10.9. The molecule has 2 aromatic rings. The van der Waals surface area contributed by atoms with E-state index in [2.05, 4.69) is 15.0 Å². The van der Waals surface area contributed by atoms with Gasteiger partial charge in [-0.15, -0.1) is 11.3 Å². The molecule has 0 bridgehead atoms. The number of thiazole rings is 1. The van der Waals surface area contributed by atoms with Crippen LogP contribution in [0.5, 0.6) is 0 Å². The number of benzene rings is 1. The predicted octanol–water partition coefficient (Wildman–Crippen LogP) is 2.10. The molecule has 2 rings (SSSR count). The molecule has 0 radical (unpaired) electrons. The van der Waals surface area contributed by atoms with Gasteiger partial charge in [0.2, 0.25) is 15.9 Å². The monoisotopic (exact) mass is 345 g/mol. The van der Waals surface area contributed by atoms with Crippen molar-refractivity contribution in [1.82, 2.24) is 9.71 Å². The van der Waals surface area contributed by atoms with Gasteiger partial charge in [0.25, 0.3) is 0 Å². The van der Waals surface area contributed by atoms with Gasteiger partial charge in [0.05, 0.1) is 10.9 Å². The van der Waals surface area contributed by atoms with Gasteiger partial charge in [-0.25, -0.2) is 13.4 Å². The molecule has 6 nitrogen and oxygen atoms in total. The molecule has 1 unspecified atom stereocenters. The lowest BCUT2D eigenvalue weighted by atomic mass is 10.3. The average molecular weight is 346 g/mol. The average Bonchev–Trinajstić information content (AvgIpc) is 2.91. The van der Waals surface area contributed by atoms with Gasteiger partial charge >= 0.3 is 0 Å². The number of carbonyl (C=O) groups excluding carboxylic acids is 1. The number of sulfonamides is 1. The Balaban J connectivity index is 2.07. The van der Waals surface area contributed by atoms with Gasteiger partial charge in [-0.2, -0.15) is 4.72 Å². The Morgan fingerprint density at radius 1 is 1.43 bits per heavy atom. The first-order chi connectivity index (χ1) is 9.88. The van der Waals surface area contributed by atoms with Crippen molar-refractivity contribution in [3.63, 3.8) is 0 Å². The van der Waals surface area contributed by atoms with E-state index in [1.54, 1.807) is 17.6 Å². The van der Waals surface area contributed by atoms with Gasteiger partial charge < -0.3 is 5.32 Å². The molecule has 1 amide bonds. The fraction of sp³-hybridized carbons (Fsp3) is 0.167. The minimum absolute atomic E-state index is 0.00361. The molecule has 0 saturated heterocycles. The summed E-state index contributed by atoms with van der Waals surface area (Å²) in [5.74, 6) is -0.490. The molecule has 0 spiro atoms. The maximum absolute atomic E-state index is 12.1. The Hall–Kier alpha value is -1.48. The summed E-state index contributed by atoms with van der Waals surface area (Å²) in [7, 11) is -3.82. The first-order valence-electron chi connectivity index (χ1n) is 5.87. The van der Waals surface area contributed by atoms with Gasteiger partial charge in [0, 0.05) is 16.6 Å². The van der Waals surface area contributed by atoms with Crippen LogP contribution in [-0.2, 0) is 14.8 Å². The van der Waals surface area contributed by atoms with E-state index in [1.165, 1.54) is 36.5 Å². The lowest BCUT2D eigenvalue weighted by Gasteiger charge is -2.13. The lowest BCUT2D eigenvalue weighted by molar-refractivity contribution is -0.117. The fourth-order valence-electron chi connectivity index (χ4n) is 1.49. The maximum atomic E-state index is 12.1. The minimum atomic E-state index is -3.82. The van der Waals surface area contributed by atoms with Crippen molar-refractivity contribution < 1.29 is 13.2 Å². The molecular weight excluding hydrogens is 334 g/mol. The summed E-state index contributed by atoms with van der Waals surface area (Å²) in [4.78, 5) is 15.8. The summed E-state index contributed by atoms with van der Waals surface area (Å²) in [5, 5.41) is 4.94. The van der Waals surface area contributed by atoms with E-state index in [0.717, 1.165) is 0 Å². The van der Waals surface area contributed by atoms with Crippen LogP contribution >= 0.6 is 22.9 Å². The van der Waals surface area contributed by atoms with Gasteiger partial charge in [-0.3, -0.25) is 4.79 Å². The molecule has 2 N–H and O–H groups in total. The van der Waals surface area contributed by atoms with E-state index in [9.17, 15) is 13.2 Å². The second kappa shape index (κ2) is 6.52. The summed E-state index contributed by atoms with van der Waals surface area (Å²) in [6.45, 7) is 1.45. The zero-order chi connectivity index (χ0) is 15.5. The predicted molar refractivity (Wildman–Crippen MR) is 82.0 cm³/mol. The van der Waals surface area contributed by atoms with Crippen molar-refractivity contribution in [1.29, 1.82) is 0 Å². The Bertz CT molecular complexity index is 732. The lowest BCUT2D eigenvalue weighted by Crippen LogP contribution is -2.41. The molecule has 9 heteroatoms. The topological polar surface area (TPSA) is 88.2 Å². The number of nitrogens with one attached hydrogen (secondary N) is 2. The molecule has 1 aromatic heterocycles. The third kappa shape index (κ3) is 4.24. The molecule has 0 aliphatic rings. The Kier molecular flexibility index (Phi) is 4.94. The highest BCUT2D eigenvalue weighted by atomic mass is 35.5. The molecule has 1 atom stereocenters. The summed E-state index contributed by atoms with van der Waals surface area (Å²) < 4.78 is 26.6. The van der Waals surface area contributed by atoms with Gasteiger partial charge in [-0.05, 0) is 25.1 Å². The van der Waals surface area contributed by atoms with Gasteiger partial charge in [0.1, 0.15) is 0 Å². The highest BCUT2D eigenvalue weighted by molar-refractivity contribution is 7.89. The van der Waals surface area contributed by atoms with E-state index >= 15 is 0 Å². The van der Waals surface area contributed by atoms with Crippen LogP contribution in [0.15, 0.2) is 40.7 Å². The smallest absolute Gasteiger partial charge is 0.244 e. The van der Waals surface area contributed by atoms with Crippen molar-refractivity contribution in [3.8, 4) is 0 Å². The van der Waals surface area contributed by atoms with E-state index in [1.807, 2.05) is 0 Å². The molecule has 1 aromatic carbocycles. The van der Waals surface area contributed by atoms with Crippen molar-refractivity contribution in [3.05, 3.63) is 40.9 Å². The first kappa shape index (κ1) is 15.9. The Morgan fingerprint density at radius 3 is 2.81 bits per heavy atom. The van der Waals surface area contributed by atoms with E-state index in [0.29, 0.717) is 10.2 Å². The van der Waals surface area contributed by atoms with Gasteiger partial charge in [-0.1, -0.05) is 17.7 Å². The van der Waals surface area contributed by atoms with Crippen LogP contribution in [0.1, 0.15) is 6.92 Å². The molecule has 1 heterocycles. The number of aromatic nitrogens is 1. The first-order valence-corrected chi connectivity index (χ1v) is 8.61. The molecule has 0 aliphatic heterocycles. The van der Waals surface area contributed by atoms with Crippen LogP contribution in [0.25, 0.3) is 0 Å². The molecule has 0 saturated carbocycles. The normalized spacial score (nSPS) is 12.9. The minimum Gasteiger partial charge on any atom is -0.301 e. The summed E-state index contributed by atoms with van der Waals surface area (Å²) in [5.41, 5.74) is 0. The number of anilines is 1. The van der Waals surface area contributed by atoms with Crippen LogP contribution in [0.2, 0.25) is 5.02 Å². The third-order valence-electron chi connectivity index (χ3n) is 2.49. The van der Waals surface area contributed by atoms with Crippen molar-refractivity contribution in [2.75, 3.05) is 5.32 Å². The van der Waals surface area contributed by atoms with E-state index < -0.39 is 22.0 Å². The van der Waals surface area contributed by atoms with Crippen molar-refractivity contribution in [2.24, 2.45) is 0 Å². The quantitative estimate of drug-likeness (QED) is 0.868. The number of halogens is 1. The number of carbonyl (C=O) groups is 1. The number of nitrogens with zero attached hydrogens (tertiary/aromatic N) is 1. The second-order valence-corrected chi connectivity index (χ2v) is 7.17. The Labute approximate surface area is 131 Å². The molecular formula is C12H12ClN3O3S2. The maximum Gasteiger partial charge on any atom is 0.244 e. The van der Waals surface area contributed by atoms with E-state index in [4.69, 9.17) is 11.6 Å². The number of amides is 1. The molecule has 0 aliphatic carbocycles. The molecule has 112 valence electrons. The van der Waals surface area contributed by atoms with Crippen LogP contribution in [-0.4, -0.2) is 25.4 Å². The standard InChI is InChI=1S/C12H12ClN3O3S2/c1-8(11(17)15-12-14-5-6-20-12)16-21(18,19)10-4-2-3-9(13)7-10/h2-8,16H,1H3,(H,14,15,17). The fourth-order valence-corrected chi connectivity index (χ4v) is 3.52. The summed E-state index contributed by atoms with van der Waals surface area (Å²) >= 11 is 7.01. The largest absolute Gasteiger partial charge is 0.301 e. The third-order valence-corrected chi connectivity index (χ3v) is 4.96. The van der Waals surface area contributed by atoms with Crippen molar-refractivity contribution >= 4 is 44.0 Å². The number of hydrogen-bond acceptors (Lipinski definition) is 5. The zero-order valence-corrected chi connectivity index (χ0v) is 13.3. The molecule has 21 heavy (non-hydrogen) atoms.